The molecule has 1 aromatic carbocycles. The van der Waals surface area contributed by atoms with Crippen molar-refractivity contribution in [3.05, 3.63) is 29.3 Å². The van der Waals surface area contributed by atoms with Gasteiger partial charge in [-0.1, -0.05) is 13.8 Å². The first kappa shape index (κ1) is 16.3. The maximum atomic E-state index is 12.9. The minimum Gasteiger partial charge on any atom is -0.374 e. The Morgan fingerprint density at radius 2 is 1.90 bits per heavy atom. The normalized spacial score (nSPS) is 12.1. The fraction of sp³-hybridized carbons (Fsp3) is 0.500. The van der Waals surface area contributed by atoms with E-state index >= 15 is 0 Å². The van der Waals surface area contributed by atoms with Gasteiger partial charge in [-0.3, -0.25) is 0 Å². The molecule has 0 fully saturated rings. The quantitative estimate of drug-likeness (QED) is 0.925. The molecule has 2 N–H and O–H groups in total. The number of nitriles is 1. The molecule has 0 bridgehead atoms. The van der Waals surface area contributed by atoms with Gasteiger partial charge < -0.3 is 10.6 Å². The van der Waals surface area contributed by atoms with Crippen molar-refractivity contribution < 1.29 is 13.2 Å². The maximum absolute atomic E-state index is 12.9. The highest BCUT2D eigenvalue weighted by Crippen LogP contribution is 2.34. The molecule has 0 aromatic heterocycles. The first-order valence-electron chi connectivity index (χ1n) is 6.13. The van der Waals surface area contributed by atoms with Gasteiger partial charge in [0.25, 0.3) is 0 Å². The first-order chi connectivity index (χ1) is 9.10. The third kappa shape index (κ3) is 3.87. The van der Waals surface area contributed by atoms with Gasteiger partial charge in [0.1, 0.15) is 0 Å². The summed E-state index contributed by atoms with van der Waals surface area (Å²) in [5.74, 6) is 0. The van der Waals surface area contributed by atoms with Crippen molar-refractivity contribution in [1.29, 1.82) is 5.26 Å². The molecule has 1 rings (SSSR count). The van der Waals surface area contributed by atoms with E-state index in [-0.39, 0.29) is 11.0 Å². The van der Waals surface area contributed by atoms with E-state index in [9.17, 15) is 13.2 Å². The Bertz CT molecular complexity index is 515. The molecule has 0 saturated heterocycles. The Hall–Kier alpha value is -1.74. The summed E-state index contributed by atoms with van der Waals surface area (Å²) in [6, 6.07) is 5.29. The number of hydrogen-bond acceptors (Lipinski definition) is 3. The zero-order valence-electron chi connectivity index (χ0n) is 11.8. The van der Waals surface area contributed by atoms with Crippen LogP contribution < -0.4 is 10.6 Å². The second-order valence-corrected chi connectivity index (χ2v) is 5.56. The summed E-state index contributed by atoms with van der Waals surface area (Å²) >= 11 is 0. The van der Waals surface area contributed by atoms with E-state index in [4.69, 9.17) is 11.0 Å². The van der Waals surface area contributed by atoms with Crippen LogP contribution in [0.4, 0.5) is 18.9 Å². The van der Waals surface area contributed by atoms with Crippen LogP contribution in [0.2, 0.25) is 0 Å². The van der Waals surface area contributed by atoms with Crippen molar-refractivity contribution in [1.82, 2.24) is 0 Å². The highest BCUT2D eigenvalue weighted by Gasteiger charge is 2.34. The Labute approximate surface area is 116 Å². The largest absolute Gasteiger partial charge is 0.417 e. The van der Waals surface area contributed by atoms with Crippen LogP contribution >= 0.6 is 0 Å². The van der Waals surface area contributed by atoms with Crippen LogP contribution in [0.1, 0.15) is 25.0 Å². The Morgan fingerprint density at radius 3 is 2.35 bits per heavy atom. The third-order valence-electron chi connectivity index (χ3n) is 3.09. The molecule has 0 aliphatic heterocycles. The Balaban J connectivity index is 3.13. The molecule has 0 radical (unpaired) electrons. The van der Waals surface area contributed by atoms with Crippen LogP contribution in [0.15, 0.2) is 18.2 Å². The highest BCUT2D eigenvalue weighted by atomic mass is 19.4. The van der Waals surface area contributed by atoms with Gasteiger partial charge in [0.05, 0.1) is 17.2 Å². The van der Waals surface area contributed by atoms with Crippen LogP contribution in [0.3, 0.4) is 0 Å². The van der Waals surface area contributed by atoms with E-state index < -0.39 is 11.7 Å². The zero-order valence-corrected chi connectivity index (χ0v) is 11.8. The molecule has 0 unspecified atom stereocenters. The molecular weight excluding hydrogens is 267 g/mol. The fourth-order valence-electron chi connectivity index (χ4n) is 1.90. The van der Waals surface area contributed by atoms with Crippen molar-refractivity contribution in [2.45, 2.75) is 20.0 Å². The Morgan fingerprint density at radius 1 is 1.30 bits per heavy atom. The van der Waals surface area contributed by atoms with Crippen LogP contribution in [-0.2, 0) is 6.18 Å². The SMILES string of the molecule is CN(CC(C)(C)CN)c1ccc(C#N)c(C(F)(F)F)c1. The van der Waals surface area contributed by atoms with E-state index in [1.165, 1.54) is 12.1 Å². The molecule has 3 nitrogen and oxygen atoms in total. The second-order valence-electron chi connectivity index (χ2n) is 5.56. The average molecular weight is 285 g/mol. The van der Waals surface area contributed by atoms with Crippen LogP contribution in [0, 0.1) is 16.7 Å². The smallest absolute Gasteiger partial charge is 0.374 e. The average Bonchev–Trinajstić information content (AvgIpc) is 2.36. The fourth-order valence-corrected chi connectivity index (χ4v) is 1.90. The lowest BCUT2D eigenvalue weighted by atomic mass is 9.93. The van der Waals surface area contributed by atoms with Gasteiger partial charge in [0, 0.05) is 19.3 Å². The summed E-state index contributed by atoms with van der Waals surface area (Å²) in [5, 5.41) is 8.76. The third-order valence-corrected chi connectivity index (χ3v) is 3.09. The standard InChI is InChI=1S/C14H18F3N3/c1-13(2,8-19)9-20(3)11-5-4-10(7-18)12(6-11)14(15,16)17/h4-6H,8-9,19H2,1-3H3. The van der Waals surface area contributed by atoms with Crippen LogP contribution in [-0.4, -0.2) is 20.1 Å². The van der Waals surface area contributed by atoms with Crippen molar-refractivity contribution in [2.24, 2.45) is 11.1 Å². The Kier molecular flexibility index (Phi) is 4.66. The number of rotatable bonds is 4. The van der Waals surface area contributed by atoms with E-state index in [1.54, 1.807) is 18.0 Å². The van der Waals surface area contributed by atoms with Crippen molar-refractivity contribution >= 4 is 5.69 Å². The van der Waals surface area contributed by atoms with Crippen LogP contribution in [0.5, 0.6) is 0 Å². The summed E-state index contributed by atoms with van der Waals surface area (Å²) in [7, 11) is 1.71. The van der Waals surface area contributed by atoms with Crippen molar-refractivity contribution in [3.63, 3.8) is 0 Å². The molecule has 6 heteroatoms. The van der Waals surface area contributed by atoms with Gasteiger partial charge in [-0.05, 0) is 30.2 Å². The van der Waals surface area contributed by atoms with Crippen molar-refractivity contribution in [3.8, 4) is 6.07 Å². The monoisotopic (exact) mass is 285 g/mol. The minimum absolute atomic E-state index is 0.207. The minimum atomic E-state index is -4.54. The molecule has 110 valence electrons. The summed E-state index contributed by atoms with van der Waals surface area (Å²) in [4.78, 5) is 1.71. The number of nitrogens with two attached hydrogens (primary N) is 1. The lowest BCUT2D eigenvalue weighted by Crippen LogP contribution is -2.36. The zero-order chi connectivity index (χ0) is 15.6. The molecular formula is C14H18F3N3. The summed E-state index contributed by atoms with van der Waals surface area (Å²) < 4.78 is 38.7. The number of nitrogens with zero attached hydrogens (tertiary/aromatic N) is 2. The molecule has 1 aromatic rings. The van der Waals surface area contributed by atoms with E-state index in [1.807, 2.05) is 13.8 Å². The van der Waals surface area contributed by atoms with Gasteiger partial charge in [-0.25, -0.2) is 0 Å². The molecule has 0 aliphatic rings. The first-order valence-corrected chi connectivity index (χ1v) is 6.13. The number of benzene rings is 1. The summed E-state index contributed by atoms with van der Waals surface area (Å²) in [6.45, 7) is 4.84. The predicted molar refractivity (Wildman–Crippen MR) is 72.3 cm³/mol. The van der Waals surface area contributed by atoms with Crippen LogP contribution in [0.25, 0.3) is 0 Å². The van der Waals surface area contributed by atoms with E-state index in [0.29, 0.717) is 18.8 Å². The maximum Gasteiger partial charge on any atom is 0.417 e. The lowest BCUT2D eigenvalue weighted by molar-refractivity contribution is -0.137. The second kappa shape index (κ2) is 5.71. The van der Waals surface area contributed by atoms with Gasteiger partial charge >= 0.3 is 6.18 Å². The molecule has 0 saturated carbocycles. The lowest BCUT2D eigenvalue weighted by Gasteiger charge is -2.30. The number of halogens is 3. The number of hydrogen-bond donors (Lipinski definition) is 1. The molecule has 0 heterocycles. The predicted octanol–water partition coefficient (Wildman–Crippen LogP) is 3.00. The highest BCUT2D eigenvalue weighted by molar-refractivity contribution is 5.54. The molecule has 0 atom stereocenters. The molecule has 0 amide bonds. The molecule has 0 aliphatic carbocycles. The molecule has 0 spiro atoms. The number of anilines is 1. The van der Waals surface area contributed by atoms with Gasteiger partial charge in [0.15, 0.2) is 0 Å². The van der Waals surface area contributed by atoms with Gasteiger partial charge in [0.2, 0.25) is 0 Å². The summed E-state index contributed by atoms with van der Waals surface area (Å²) in [5.41, 5.74) is 4.56. The van der Waals surface area contributed by atoms with E-state index in [2.05, 4.69) is 0 Å². The van der Waals surface area contributed by atoms with Gasteiger partial charge in [-0.2, -0.15) is 18.4 Å². The number of alkyl halides is 3. The van der Waals surface area contributed by atoms with Crippen molar-refractivity contribution in [2.75, 3.05) is 25.0 Å². The topological polar surface area (TPSA) is 53.0 Å². The summed E-state index contributed by atoms with van der Waals surface area (Å²) in [6.07, 6.45) is -4.54. The van der Waals surface area contributed by atoms with Gasteiger partial charge in [-0.15, -0.1) is 0 Å². The molecule has 20 heavy (non-hydrogen) atoms. The van der Waals surface area contributed by atoms with E-state index in [0.717, 1.165) is 6.07 Å².